The first-order valence-electron chi connectivity index (χ1n) is 6.44. The normalized spacial score (nSPS) is 10.3. The van der Waals surface area contributed by atoms with Gasteiger partial charge in [0.25, 0.3) is 0 Å². The van der Waals surface area contributed by atoms with Crippen LogP contribution in [-0.2, 0) is 20.1 Å². The molecule has 2 heteroatoms. The zero-order valence-electron chi connectivity index (χ0n) is 11.6. The van der Waals surface area contributed by atoms with Crippen molar-refractivity contribution in [1.29, 1.82) is 0 Å². The van der Waals surface area contributed by atoms with Gasteiger partial charge in [0.2, 0.25) is 0 Å². The average Bonchev–Trinajstić information content (AvgIpc) is 2.42. The Hall–Kier alpha value is -1.63. The van der Waals surface area contributed by atoms with Crippen molar-refractivity contribution in [2.24, 2.45) is 0 Å². The number of hydrogen-bond donors (Lipinski definition) is 0. The van der Waals surface area contributed by atoms with Crippen LogP contribution in [0.1, 0.15) is 16.7 Å². The van der Waals surface area contributed by atoms with Crippen molar-refractivity contribution in [2.45, 2.75) is 13.8 Å². The smallest absolute Gasteiger partial charge is 0.0294 e. The molecule has 0 bridgehead atoms. The quantitative estimate of drug-likeness (QED) is 0.502. The molecule has 0 spiro atoms. The predicted octanol–water partition coefficient (Wildman–Crippen LogP) is 4.70. The molecule has 0 aliphatic carbocycles. The molecular formula is C18H16IrN-. The summed E-state index contributed by atoms with van der Waals surface area (Å²) in [7, 11) is 0. The summed E-state index contributed by atoms with van der Waals surface area (Å²) in [5, 5.41) is 2.44. The molecule has 0 aliphatic rings. The molecule has 3 aromatic rings. The summed E-state index contributed by atoms with van der Waals surface area (Å²) < 4.78 is 0. The fourth-order valence-electron chi connectivity index (χ4n) is 2.38. The summed E-state index contributed by atoms with van der Waals surface area (Å²) in [4.78, 5) is 4.58. The number of aromatic nitrogens is 1. The second-order valence-electron chi connectivity index (χ2n) is 4.97. The maximum atomic E-state index is 4.58. The Balaban J connectivity index is 0.00000147. The van der Waals surface area contributed by atoms with Gasteiger partial charge in [-0.05, 0) is 36.4 Å². The number of benzene rings is 2. The third-order valence-electron chi connectivity index (χ3n) is 3.64. The molecule has 1 nitrogen and oxygen atoms in total. The van der Waals surface area contributed by atoms with Crippen LogP contribution >= 0.6 is 0 Å². The van der Waals surface area contributed by atoms with Crippen LogP contribution in [0.25, 0.3) is 22.0 Å². The van der Waals surface area contributed by atoms with Crippen LogP contribution in [0.2, 0.25) is 0 Å². The fraction of sp³-hybridized carbons (Fsp3) is 0.111. The van der Waals surface area contributed by atoms with Gasteiger partial charge in [0.05, 0.1) is 0 Å². The van der Waals surface area contributed by atoms with Crippen molar-refractivity contribution in [3.05, 3.63) is 72.3 Å². The Morgan fingerprint density at radius 2 is 1.70 bits per heavy atom. The van der Waals surface area contributed by atoms with Gasteiger partial charge in [-0.3, -0.25) is 4.98 Å². The molecule has 0 N–H and O–H groups in total. The van der Waals surface area contributed by atoms with E-state index in [4.69, 9.17) is 0 Å². The minimum absolute atomic E-state index is 0. The number of aryl methyl sites for hydroxylation is 2. The average molecular weight is 439 g/mol. The van der Waals surface area contributed by atoms with E-state index in [0.717, 1.165) is 16.8 Å². The predicted molar refractivity (Wildman–Crippen MR) is 81.1 cm³/mol. The monoisotopic (exact) mass is 439 g/mol. The zero-order valence-corrected chi connectivity index (χ0v) is 14.0. The van der Waals surface area contributed by atoms with E-state index in [9.17, 15) is 0 Å². The van der Waals surface area contributed by atoms with E-state index in [1.165, 1.54) is 21.9 Å². The minimum atomic E-state index is 0. The Kier molecular flexibility index (Phi) is 4.27. The van der Waals surface area contributed by atoms with Gasteiger partial charge < -0.3 is 0 Å². The second-order valence-corrected chi connectivity index (χ2v) is 4.97. The first-order chi connectivity index (χ1) is 9.16. The number of hydrogen-bond acceptors (Lipinski definition) is 1. The van der Waals surface area contributed by atoms with E-state index in [0.29, 0.717) is 0 Å². The van der Waals surface area contributed by atoms with Crippen LogP contribution in [-0.4, -0.2) is 4.98 Å². The Morgan fingerprint density at radius 3 is 2.45 bits per heavy atom. The standard InChI is InChI=1S/C18H16N.Ir/c1-12-8-9-15-6-4-5-7-16(15)18(12)17-10-13(2)14(3)11-19-17;/h4-11H,1H2,2-3H3;/q-1;. The Labute approximate surface area is 133 Å². The van der Waals surface area contributed by atoms with Crippen molar-refractivity contribution < 1.29 is 20.1 Å². The first-order valence-corrected chi connectivity index (χ1v) is 6.44. The number of fused-ring (bicyclic) bond motifs is 1. The van der Waals surface area contributed by atoms with E-state index in [-0.39, 0.29) is 20.1 Å². The SMILES string of the molecule is [CH2-]c1ccc2ccccc2c1-c1cc(C)c(C)cn1.[Ir]. The summed E-state index contributed by atoms with van der Waals surface area (Å²) in [6, 6.07) is 14.7. The summed E-state index contributed by atoms with van der Waals surface area (Å²) in [5.74, 6) is 0. The second kappa shape index (κ2) is 5.78. The van der Waals surface area contributed by atoms with Gasteiger partial charge in [-0.1, -0.05) is 35.2 Å². The summed E-state index contributed by atoms with van der Waals surface area (Å²) in [6.07, 6.45) is 1.94. The Morgan fingerprint density at radius 1 is 0.950 bits per heavy atom. The molecular weight excluding hydrogens is 422 g/mol. The first kappa shape index (κ1) is 14.8. The number of rotatable bonds is 1. The van der Waals surface area contributed by atoms with E-state index >= 15 is 0 Å². The van der Waals surface area contributed by atoms with Gasteiger partial charge >= 0.3 is 0 Å². The van der Waals surface area contributed by atoms with Gasteiger partial charge in [-0.25, -0.2) is 0 Å². The van der Waals surface area contributed by atoms with E-state index in [1.54, 1.807) is 0 Å². The van der Waals surface area contributed by atoms with Crippen molar-refractivity contribution in [3.8, 4) is 11.3 Å². The number of pyridine rings is 1. The molecule has 0 aliphatic heterocycles. The van der Waals surface area contributed by atoms with Crippen LogP contribution < -0.4 is 0 Å². The fourth-order valence-corrected chi connectivity index (χ4v) is 2.38. The van der Waals surface area contributed by atoms with Crippen molar-refractivity contribution in [2.75, 3.05) is 0 Å². The van der Waals surface area contributed by atoms with Gasteiger partial charge in [-0.2, -0.15) is 18.6 Å². The molecule has 0 unspecified atom stereocenters. The molecule has 103 valence electrons. The van der Waals surface area contributed by atoms with E-state index in [1.807, 2.05) is 6.20 Å². The molecule has 3 rings (SSSR count). The minimum Gasteiger partial charge on any atom is -0.269 e. The largest absolute Gasteiger partial charge is 0.269 e. The van der Waals surface area contributed by atoms with Crippen LogP contribution in [0.5, 0.6) is 0 Å². The summed E-state index contributed by atoms with van der Waals surface area (Å²) >= 11 is 0. The van der Waals surface area contributed by atoms with Gasteiger partial charge in [-0.15, -0.1) is 6.07 Å². The molecule has 20 heavy (non-hydrogen) atoms. The molecule has 1 aromatic heterocycles. The zero-order chi connectivity index (χ0) is 13.4. The third-order valence-corrected chi connectivity index (χ3v) is 3.64. The summed E-state index contributed by atoms with van der Waals surface area (Å²) in [6.45, 7) is 8.36. The maximum absolute atomic E-state index is 4.58. The summed E-state index contributed by atoms with van der Waals surface area (Å²) in [5.41, 5.74) is 5.65. The molecule has 2 aromatic carbocycles. The number of nitrogens with zero attached hydrogens (tertiary/aromatic N) is 1. The molecule has 0 saturated carbocycles. The van der Waals surface area contributed by atoms with Crippen LogP contribution in [0.3, 0.4) is 0 Å². The van der Waals surface area contributed by atoms with Gasteiger partial charge in [0.1, 0.15) is 0 Å². The molecule has 0 amide bonds. The van der Waals surface area contributed by atoms with Crippen LogP contribution in [0, 0.1) is 20.8 Å². The van der Waals surface area contributed by atoms with Crippen molar-refractivity contribution in [3.63, 3.8) is 0 Å². The van der Waals surface area contributed by atoms with Crippen LogP contribution in [0.4, 0.5) is 0 Å². The van der Waals surface area contributed by atoms with Crippen LogP contribution in [0.15, 0.2) is 48.7 Å². The third kappa shape index (κ3) is 2.49. The molecule has 0 atom stereocenters. The molecule has 0 fully saturated rings. The van der Waals surface area contributed by atoms with Gasteiger partial charge in [0.15, 0.2) is 0 Å². The maximum Gasteiger partial charge on any atom is 0.0294 e. The van der Waals surface area contributed by atoms with Crippen molar-refractivity contribution >= 4 is 10.8 Å². The topological polar surface area (TPSA) is 12.9 Å². The van der Waals surface area contributed by atoms with E-state index < -0.39 is 0 Å². The van der Waals surface area contributed by atoms with Gasteiger partial charge in [0, 0.05) is 32.0 Å². The molecule has 1 radical (unpaired) electrons. The molecule has 0 saturated heterocycles. The van der Waals surface area contributed by atoms with E-state index in [2.05, 4.69) is 68.2 Å². The molecule has 1 heterocycles. The van der Waals surface area contributed by atoms with Crippen molar-refractivity contribution in [1.82, 2.24) is 4.98 Å². The Bertz CT molecular complexity index is 762.